The van der Waals surface area contributed by atoms with E-state index >= 15 is 0 Å². The fourth-order valence-corrected chi connectivity index (χ4v) is 6.83. The molecule has 0 aliphatic heterocycles. The average molecular weight is 535 g/mol. The number of nitrogens with zero attached hydrogens (tertiary/aromatic N) is 2. The van der Waals surface area contributed by atoms with Crippen LogP contribution in [0, 0.1) is 0 Å². The first-order chi connectivity index (χ1) is 20.8. The summed E-state index contributed by atoms with van der Waals surface area (Å²) in [4.78, 5) is 2.38. The maximum atomic E-state index is 2.44. The molecule has 9 aromatic rings. The number of anilines is 3. The van der Waals surface area contributed by atoms with Crippen molar-refractivity contribution in [3.8, 4) is 11.1 Å². The second kappa shape index (κ2) is 8.95. The van der Waals surface area contributed by atoms with Gasteiger partial charge in [-0.15, -0.1) is 0 Å². The lowest BCUT2D eigenvalue weighted by molar-refractivity contribution is 1.29. The Morgan fingerprint density at radius 1 is 0.405 bits per heavy atom. The predicted octanol–water partition coefficient (Wildman–Crippen LogP) is 11.1. The lowest BCUT2D eigenvalue weighted by atomic mass is 9.99. The van der Waals surface area contributed by atoms with Gasteiger partial charge in [0.2, 0.25) is 0 Å². The topological polar surface area (TPSA) is 7.65 Å². The maximum Gasteiger partial charge on any atom is 0.0620 e. The van der Waals surface area contributed by atoms with Gasteiger partial charge in [0.25, 0.3) is 0 Å². The van der Waals surface area contributed by atoms with Gasteiger partial charge in [0.05, 0.1) is 22.2 Å². The minimum absolute atomic E-state index is 1.13. The highest BCUT2D eigenvalue weighted by Crippen LogP contribution is 2.44. The first kappa shape index (κ1) is 23.1. The van der Waals surface area contributed by atoms with Crippen LogP contribution in [0.4, 0.5) is 17.1 Å². The number of para-hydroxylation sites is 4. The summed E-state index contributed by atoms with van der Waals surface area (Å²) in [6, 6.07) is 57.2. The molecule has 0 spiro atoms. The molecule has 0 aliphatic carbocycles. The molecule has 2 aromatic heterocycles. The highest BCUT2D eigenvalue weighted by Gasteiger charge is 2.20. The summed E-state index contributed by atoms with van der Waals surface area (Å²) in [5.41, 5.74) is 9.65. The molecule has 0 aliphatic rings. The number of rotatable bonds is 4. The van der Waals surface area contributed by atoms with Gasteiger partial charge < -0.3 is 9.30 Å². The fraction of sp³-hybridized carbons (Fsp3) is 0. The molecule has 0 saturated heterocycles. The van der Waals surface area contributed by atoms with Crippen molar-refractivity contribution >= 4 is 65.9 Å². The lowest BCUT2D eigenvalue weighted by Crippen LogP contribution is -2.11. The zero-order chi connectivity index (χ0) is 27.6. The van der Waals surface area contributed by atoms with E-state index in [1.165, 1.54) is 60.0 Å². The number of hydrogen-bond donors (Lipinski definition) is 0. The van der Waals surface area contributed by atoms with Crippen molar-refractivity contribution in [3.63, 3.8) is 0 Å². The number of fused-ring (bicyclic) bond motifs is 7. The van der Waals surface area contributed by atoms with E-state index < -0.39 is 0 Å². The third-order valence-electron chi connectivity index (χ3n) is 8.68. The van der Waals surface area contributed by atoms with Gasteiger partial charge in [0, 0.05) is 38.5 Å². The Kier molecular flexibility index (Phi) is 4.93. The number of benzene rings is 7. The van der Waals surface area contributed by atoms with Gasteiger partial charge >= 0.3 is 0 Å². The first-order valence-electron chi connectivity index (χ1n) is 14.5. The van der Waals surface area contributed by atoms with Gasteiger partial charge in [-0.3, -0.25) is 0 Å². The van der Waals surface area contributed by atoms with Gasteiger partial charge in [-0.25, -0.2) is 0 Å². The molecule has 0 radical (unpaired) electrons. The SMILES string of the molecule is c1ccc(N(c2ccc3ccccc3c2)c2ccccc2-c2ccc3c(c2)c2cccc4c5ccccc5n3c42)cc1. The normalized spacial score (nSPS) is 11.8. The average Bonchev–Trinajstić information content (AvgIpc) is 3.58. The maximum absolute atomic E-state index is 2.44. The van der Waals surface area contributed by atoms with Crippen LogP contribution in [0.2, 0.25) is 0 Å². The van der Waals surface area contributed by atoms with Crippen LogP contribution in [0.15, 0.2) is 158 Å². The summed E-state index contributed by atoms with van der Waals surface area (Å²) in [7, 11) is 0. The molecule has 2 nitrogen and oxygen atoms in total. The Labute approximate surface area is 243 Å². The first-order valence-corrected chi connectivity index (χ1v) is 14.5. The molecule has 0 saturated carbocycles. The van der Waals surface area contributed by atoms with Crippen molar-refractivity contribution in [3.05, 3.63) is 158 Å². The van der Waals surface area contributed by atoms with Crippen molar-refractivity contribution in [1.29, 1.82) is 0 Å². The highest BCUT2D eigenvalue weighted by molar-refractivity contribution is 6.23. The van der Waals surface area contributed by atoms with Crippen LogP contribution >= 0.6 is 0 Å². The molecule has 0 amide bonds. The van der Waals surface area contributed by atoms with Crippen molar-refractivity contribution in [2.24, 2.45) is 0 Å². The molecule has 0 atom stereocenters. The molecule has 0 bridgehead atoms. The van der Waals surface area contributed by atoms with E-state index in [9.17, 15) is 0 Å². The third-order valence-corrected chi connectivity index (χ3v) is 8.68. The van der Waals surface area contributed by atoms with Gasteiger partial charge in [-0.05, 0) is 64.9 Å². The van der Waals surface area contributed by atoms with Crippen LogP contribution < -0.4 is 4.90 Å². The minimum Gasteiger partial charge on any atom is -0.310 e. The van der Waals surface area contributed by atoms with E-state index in [0.29, 0.717) is 0 Å². The Morgan fingerprint density at radius 2 is 1.10 bits per heavy atom. The number of hydrogen-bond acceptors (Lipinski definition) is 1. The Morgan fingerprint density at radius 3 is 2.00 bits per heavy atom. The van der Waals surface area contributed by atoms with E-state index in [0.717, 1.165) is 17.1 Å². The Hall–Kier alpha value is -5.60. The van der Waals surface area contributed by atoms with E-state index in [2.05, 4.69) is 167 Å². The minimum atomic E-state index is 1.13. The molecule has 7 aromatic carbocycles. The summed E-state index contributed by atoms with van der Waals surface area (Å²) in [5, 5.41) is 7.68. The third kappa shape index (κ3) is 3.33. The molecule has 0 unspecified atom stereocenters. The Balaban J connectivity index is 1.29. The van der Waals surface area contributed by atoms with Crippen LogP contribution in [0.5, 0.6) is 0 Å². The van der Waals surface area contributed by atoms with E-state index in [1.807, 2.05) is 0 Å². The molecule has 9 rings (SSSR count). The molecule has 0 fully saturated rings. The van der Waals surface area contributed by atoms with Gasteiger partial charge in [-0.1, -0.05) is 109 Å². The standard InChI is InChI=1S/C40H26N2/c1-2-13-30(14-3-1)41(31-23-21-27-11-4-5-12-28(27)25-31)37-19-8-6-15-32(37)29-22-24-39-36(26-29)35-18-10-17-34-33-16-7-9-20-38(33)42(39)40(34)35/h1-26H. The molecule has 2 heteroatoms. The van der Waals surface area contributed by atoms with Crippen molar-refractivity contribution < 1.29 is 0 Å². The summed E-state index contributed by atoms with van der Waals surface area (Å²) in [6.45, 7) is 0. The van der Waals surface area contributed by atoms with Crippen LogP contribution in [-0.2, 0) is 0 Å². The van der Waals surface area contributed by atoms with Crippen LogP contribution in [0.1, 0.15) is 0 Å². The molecule has 42 heavy (non-hydrogen) atoms. The summed E-state index contributed by atoms with van der Waals surface area (Å²) < 4.78 is 2.44. The smallest absolute Gasteiger partial charge is 0.0620 e. The summed E-state index contributed by atoms with van der Waals surface area (Å²) >= 11 is 0. The molecular weight excluding hydrogens is 508 g/mol. The monoisotopic (exact) mass is 534 g/mol. The van der Waals surface area contributed by atoms with Crippen LogP contribution in [-0.4, -0.2) is 4.40 Å². The molecule has 2 heterocycles. The van der Waals surface area contributed by atoms with Crippen molar-refractivity contribution in [1.82, 2.24) is 4.40 Å². The fourth-order valence-electron chi connectivity index (χ4n) is 6.83. The summed E-state index contributed by atoms with van der Waals surface area (Å²) in [6.07, 6.45) is 0. The lowest BCUT2D eigenvalue weighted by Gasteiger charge is -2.28. The van der Waals surface area contributed by atoms with Crippen molar-refractivity contribution in [2.75, 3.05) is 4.90 Å². The number of aromatic nitrogens is 1. The summed E-state index contributed by atoms with van der Waals surface area (Å²) in [5.74, 6) is 0. The van der Waals surface area contributed by atoms with Crippen molar-refractivity contribution in [2.45, 2.75) is 0 Å². The van der Waals surface area contributed by atoms with Crippen LogP contribution in [0.25, 0.3) is 60.0 Å². The highest BCUT2D eigenvalue weighted by atomic mass is 15.1. The van der Waals surface area contributed by atoms with E-state index in [1.54, 1.807) is 0 Å². The van der Waals surface area contributed by atoms with Gasteiger partial charge in [0.1, 0.15) is 0 Å². The van der Waals surface area contributed by atoms with Gasteiger partial charge in [0.15, 0.2) is 0 Å². The van der Waals surface area contributed by atoms with Gasteiger partial charge in [-0.2, -0.15) is 0 Å². The van der Waals surface area contributed by atoms with E-state index in [4.69, 9.17) is 0 Å². The quantitative estimate of drug-likeness (QED) is 0.218. The Bertz CT molecular complexity index is 2420. The molecule has 0 N–H and O–H groups in total. The second-order valence-electron chi connectivity index (χ2n) is 11.0. The molecule has 196 valence electrons. The largest absolute Gasteiger partial charge is 0.310 e. The second-order valence-corrected chi connectivity index (χ2v) is 11.0. The van der Waals surface area contributed by atoms with E-state index in [-0.39, 0.29) is 0 Å². The zero-order valence-corrected chi connectivity index (χ0v) is 22.9. The van der Waals surface area contributed by atoms with Crippen LogP contribution in [0.3, 0.4) is 0 Å². The molecular formula is C40H26N2. The predicted molar refractivity (Wildman–Crippen MR) is 179 cm³/mol. The zero-order valence-electron chi connectivity index (χ0n) is 22.9.